The van der Waals surface area contributed by atoms with Crippen LogP contribution >= 0.6 is 11.3 Å². The molecule has 1 aliphatic heterocycles. The van der Waals surface area contributed by atoms with E-state index in [0.717, 1.165) is 24.3 Å². The number of carbonyl (C=O) groups excluding carboxylic acids is 3. The molecule has 1 aliphatic rings. The van der Waals surface area contributed by atoms with E-state index in [-0.39, 0.29) is 11.5 Å². The van der Waals surface area contributed by atoms with Gasteiger partial charge in [-0.1, -0.05) is 18.3 Å². The van der Waals surface area contributed by atoms with Crippen LogP contribution in [0.2, 0.25) is 0 Å². The number of hydrogen-bond donors (Lipinski definition) is 2. The third-order valence-electron chi connectivity index (χ3n) is 5.57. The van der Waals surface area contributed by atoms with E-state index in [2.05, 4.69) is 15.6 Å². The zero-order valence-corrected chi connectivity index (χ0v) is 19.5. The summed E-state index contributed by atoms with van der Waals surface area (Å²) < 4.78 is 59.0. The van der Waals surface area contributed by atoms with Crippen molar-refractivity contribution in [3.63, 3.8) is 0 Å². The van der Waals surface area contributed by atoms with E-state index in [1.165, 1.54) is 13.8 Å². The summed E-state index contributed by atoms with van der Waals surface area (Å²) in [6, 6.07) is 4.03. The van der Waals surface area contributed by atoms with Crippen molar-refractivity contribution in [3.05, 3.63) is 46.2 Å². The highest BCUT2D eigenvalue weighted by Gasteiger charge is 2.42. The van der Waals surface area contributed by atoms with E-state index < -0.39 is 50.3 Å². The number of thiazole rings is 1. The number of ether oxygens (including phenoxy) is 1. The van der Waals surface area contributed by atoms with Gasteiger partial charge in [0.25, 0.3) is 5.91 Å². The summed E-state index contributed by atoms with van der Waals surface area (Å²) in [4.78, 5) is 40.9. The Bertz CT molecular complexity index is 1090. The van der Waals surface area contributed by atoms with Crippen molar-refractivity contribution in [2.75, 3.05) is 18.5 Å². The number of ketones is 1. The van der Waals surface area contributed by atoms with Gasteiger partial charge in [-0.2, -0.15) is 13.2 Å². The molecule has 0 radical (unpaired) electrons. The van der Waals surface area contributed by atoms with Gasteiger partial charge in [-0.15, -0.1) is 0 Å². The molecule has 0 bridgehead atoms. The summed E-state index contributed by atoms with van der Waals surface area (Å²) >= 11 is 0.349. The highest BCUT2D eigenvalue weighted by Crippen LogP contribution is 2.37. The van der Waals surface area contributed by atoms with Crippen LogP contribution in [0.15, 0.2) is 24.3 Å². The Morgan fingerprint density at radius 3 is 2.24 bits per heavy atom. The quantitative estimate of drug-likeness (QED) is 0.457. The van der Waals surface area contributed by atoms with Crippen LogP contribution in [0.3, 0.4) is 0 Å². The van der Waals surface area contributed by atoms with Gasteiger partial charge in [-0.25, -0.2) is 9.37 Å². The molecule has 7 nitrogen and oxygen atoms in total. The Hall–Kier alpha value is -2.86. The Morgan fingerprint density at radius 1 is 1.09 bits per heavy atom. The fourth-order valence-corrected chi connectivity index (χ4v) is 4.19. The van der Waals surface area contributed by atoms with E-state index in [0.29, 0.717) is 37.4 Å². The number of carbonyl (C=O) groups is 3. The van der Waals surface area contributed by atoms with Crippen molar-refractivity contribution in [1.29, 1.82) is 0 Å². The number of halogens is 4. The largest absolute Gasteiger partial charge is 0.435 e. The van der Waals surface area contributed by atoms with E-state index in [4.69, 9.17) is 4.74 Å². The fraction of sp³-hybridized carbons (Fsp3) is 0.455. The van der Waals surface area contributed by atoms with Crippen molar-refractivity contribution in [2.45, 2.75) is 45.3 Å². The lowest BCUT2D eigenvalue weighted by Gasteiger charge is -2.35. The van der Waals surface area contributed by atoms with Gasteiger partial charge in [-0.05, 0) is 51.0 Å². The van der Waals surface area contributed by atoms with Crippen molar-refractivity contribution < 1.29 is 36.7 Å². The van der Waals surface area contributed by atoms with Crippen LogP contribution in [0.5, 0.6) is 0 Å². The van der Waals surface area contributed by atoms with E-state index >= 15 is 0 Å². The predicted molar refractivity (Wildman–Crippen MR) is 116 cm³/mol. The van der Waals surface area contributed by atoms with Gasteiger partial charge in [-0.3, -0.25) is 19.7 Å². The first-order valence-electron chi connectivity index (χ1n) is 10.3. The number of hydrogen-bond acceptors (Lipinski definition) is 6. The van der Waals surface area contributed by atoms with Crippen LogP contribution in [0, 0.1) is 11.2 Å². The number of rotatable bonds is 6. The molecule has 2 N–H and O–H groups in total. The number of benzene rings is 1. The normalized spacial score (nSPS) is 16.1. The number of nitrogens with one attached hydrogen (secondary N) is 2. The molecular weight excluding hydrogens is 478 g/mol. The van der Waals surface area contributed by atoms with Crippen molar-refractivity contribution in [2.24, 2.45) is 5.41 Å². The number of nitrogens with zero attached hydrogens (tertiary/aromatic N) is 1. The first-order chi connectivity index (χ1) is 15.7. The Balaban J connectivity index is 1.81. The second-order valence-electron chi connectivity index (χ2n) is 8.74. The average Bonchev–Trinajstić information content (AvgIpc) is 3.18. The SMILES string of the molecule is CC1(C(=O)NC(C)(C)C(=O)Nc2nc(C(F)(F)F)c(C(=O)c3ccc(F)cc3)s2)CCOCC1. The minimum absolute atomic E-state index is 0.161. The van der Waals surface area contributed by atoms with Crippen molar-refractivity contribution in [1.82, 2.24) is 10.3 Å². The maximum atomic E-state index is 13.5. The molecule has 0 atom stereocenters. The van der Waals surface area contributed by atoms with Gasteiger partial charge in [0.2, 0.25) is 11.7 Å². The number of alkyl halides is 3. The second-order valence-corrected chi connectivity index (χ2v) is 9.74. The summed E-state index contributed by atoms with van der Waals surface area (Å²) in [6.07, 6.45) is -4.04. The topological polar surface area (TPSA) is 97.4 Å². The van der Waals surface area contributed by atoms with Crippen molar-refractivity contribution >= 4 is 34.1 Å². The maximum Gasteiger partial charge on any atom is 0.435 e. The number of anilines is 1. The minimum atomic E-state index is -4.97. The van der Waals surface area contributed by atoms with Crippen LogP contribution in [0.1, 0.15) is 54.5 Å². The molecule has 1 fully saturated rings. The molecule has 0 saturated carbocycles. The predicted octanol–water partition coefficient (Wildman–Crippen LogP) is 4.18. The summed E-state index contributed by atoms with van der Waals surface area (Å²) in [5.74, 6) is -2.84. The summed E-state index contributed by atoms with van der Waals surface area (Å²) in [6.45, 7) is 5.38. The molecule has 0 spiro atoms. The summed E-state index contributed by atoms with van der Waals surface area (Å²) in [5, 5.41) is 4.45. The molecule has 34 heavy (non-hydrogen) atoms. The Morgan fingerprint density at radius 2 is 1.68 bits per heavy atom. The van der Waals surface area contributed by atoms with Gasteiger partial charge in [0.15, 0.2) is 10.8 Å². The highest BCUT2D eigenvalue weighted by molar-refractivity contribution is 7.18. The highest BCUT2D eigenvalue weighted by atomic mass is 32.1. The lowest BCUT2D eigenvalue weighted by molar-refractivity contribution is -0.141. The smallest absolute Gasteiger partial charge is 0.381 e. The van der Waals surface area contributed by atoms with Crippen molar-refractivity contribution in [3.8, 4) is 0 Å². The molecular formula is C22H23F4N3O4S. The molecule has 1 saturated heterocycles. The van der Waals surface area contributed by atoms with E-state index in [9.17, 15) is 31.9 Å². The molecule has 1 aromatic heterocycles. The lowest BCUT2D eigenvalue weighted by Crippen LogP contribution is -2.56. The first-order valence-corrected chi connectivity index (χ1v) is 11.1. The third-order valence-corrected chi connectivity index (χ3v) is 6.54. The van der Waals surface area contributed by atoms with Gasteiger partial charge >= 0.3 is 6.18 Å². The first kappa shape index (κ1) is 25.8. The molecule has 2 aromatic rings. The molecule has 184 valence electrons. The van der Waals surface area contributed by atoms with Crippen LogP contribution in [0.4, 0.5) is 22.7 Å². The standard InChI is InChI=1S/C22H23F4N3O4S/c1-20(2,29-18(32)21(3)8-10-33-11-9-21)17(31)28-19-27-16(22(24,25)26)15(34-19)14(30)12-4-6-13(23)7-5-12/h4-7H,8-11H2,1-3H3,(H,29,32)(H,27,28,31). The van der Waals surface area contributed by atoms with Gasteiger partial charge in [0.1, 0.15) is 16.2 Å². The Labute approximate surface area is 196 Å². The van der Waals surface area contributed by atoms with Crippen LogP contribution in [-0.4, -0.2) is 41.3 Å². The summed E-state index contributed by atoms with van der Waals surface area (Å²) in [7, 11) is 0. The van der Waals surface area contributed by atoms with Crippen LogP contribution in [0.25, 0.3) is 0 Å². The molecule has 0 aliphatic carbocycles. The zero-order chi connectivity index (χ0) is 25.3. The average molecular weight is 502 g/mol. The second kappa shape index (κ2) is 9.41. The van der Waals surface area contributed by atoms with Crippen LogP contribution < -0.4 is 10.6 Å². The van der Waals surface area contributed by atoms with Gasteiger partial charge in [0.05, 0.1) is 5.41 Å². The number of aromatic nitrogens is 1. The Kier molecular flexibility index (Phi) is 7.13. The fourth-order valence-electron chi connectivity index (χ4n) is 3.25. The molecule has 3 rings (SSSR count). The van der Waals surface area contributed by atoms with E-state index in [1.807, 2.05) is 0 Å². The molecule has 2 heterocycles. The van der Waals surface area contributed by atoms with Crippen LogP contribution in [-0.2, 0) is 20.5 Å². The van der Waals surface area contributed by atoms with E-state index in [1.54, 1.807) is 6.92 Å². The maximum absolute atomic E-state index is 13.5. The molecule has 2 amide bonds. The monoisotopic (exact) mass is 501 g/mol. The molecule has 0 unspecified atom stereocenters. The molecule has 1 aromatic carbocycles. The third kappa shape index (κ3) is 5.61. The summed E-state index contributed by atoms with van der Waals surface area (Å²) in [5.41, 5.74) is -3.84. The zero-order valence-electron chi connectivity index (χ0n) is 18.6. The lowest BCUT2D eigenvalue weighted by atomic mass is 9.80. The van der Waals surface area contributed by atoms with Gasteiger partial charge < -0.3 is 10.1 Å². The van der Waals surface area contributed by atoms with Gasteiger partial charge in [0, 0.05) is 18.8 Å². The molecule has 12 heteroatoms. The minimum Gasteiger partial charge on any atom is -0.381 e. The number of amides is 2.